The van der Waals surface area contributed by atoms with Crippen molar-refractivity contribution in [2.24, 2.45) is 0 Å². The van der Waals surface area contributed by atoms with E-state index in [1.165, 1.54) is 14.0 Å². The van der Waals surface area contributed by atoms with Crippen molar-refractivity contribution in [3.8, 4) is 0 Å². The van der Waals surface area contributed by atoms with Crippen LogP contribution in [0.1, 0.15) is 27.7 Å². The minimum absolute atomic E-state index is 0.0324. The van der Waals surface area contributed by atoms with E-state index in [2.05, 4.69) is 39.2 Å². The van der Waals surface area contributed by atoms with E-state index in [1.54, 1.807) is 0 Å². The molecule has 1 fully saturated rings. The average molecular weight is 350 g/mol. The van der Waals surface area contributed by atoms with Crippen LogP contribution < -0.4 is 5.32 Å². The molecule has 0 aromatic heterocycles. The molecule has 1 aliphatic rings. The van der Waals surface area contributed by atoms with E-state index in [0.717, 1.165) is 0 Å². The van der Waals surface area contributed by atoms with Crippen LogP contribution in [0.15, 0.2) is 0 Å². The van der Waals surface area contributed by atoms with Gasteiger partial charge in [-0.1, -0.05) is 20.8 Å². The second-order valence-corrected chi connectivity index (χ2v) is 12.4. The lowest BCUT2D eigenvalue weighted by atomic mass is 9.97. The summed E-state index contributed by atoms with van der Waals surface area (Å²) in [5, 5.41) is 23.1. The Bertz CT molecular complexity index is 409. The van der Waals surface area contributed by atoms with Crippen molar-refractivity contribution in [1.29, 1.82) is 0 Å². The number of amides is 1. The average Bonchev–Trinajstić information content (AvgIpc) is 2.41. The molecule has 0 radical (unpaired) electrons. The Kier molecular flexibility index (Phi) is 6.77. The largest absolute Gasteiger partial charge is 0.414 e. The van der Waals surface area contributed by atoms with E-state index in [-0.39, 0.29) is 17.6 Å². The van der Waals surface area contributed by atoms with Gasteiger partial charge in [-0.2, -0.15) is 0 Å². The summed E-state index contributed by atoms with van der Waals surface area (Å²) in [6.07, 6.45) is -3.91. The first-order chi connectivity index (χ1) is 10.4. The number of carbonyl (C=O) groups excluding carboxylic acids is 1. The molecule has 0 bridgehead atoms. The second kappa shape index (κ2) is 7.58. The molecular weight excluding hydrogens is 318 g/mol. The molecule has 1 heterocycles. The van der Waals surface area contributed by atoms with E-state index in [4.69, 9.17) is 13.9 Å². The van der Waals surface area contributed by atoms with Crippen molar-refractivity contribution >= 4 is 14.2 Å². The monoisotopic (exact) mass is 349 g/mol. The highest BCUT2D eigenvalue weighted by atomic mass is 28.4. The fourth-order valence-electron chi connectivity index (χ4n) is 2.17. The van der Waals surface area contributed by atoms with Gasteiger partial charge in [0.25, 0.3) is 0 Å². The molecule has 0 saturated carbocycles. The van der Waals surface area contributed by atoms with Crippen molar-refractivity contribution in [3.63, 3.8) is 0 Å². The first kappa shape index (κ1) is 20.5. The normalized spacial score (nSPS) is 32.7. The van der Waals surface area contributed by atoms with Crippen LogP contribution >= 0.6 is 0 Å². The molecule has 1 rings (SSSR count). The molecule has 7 nitrogen and oxygen atoms in total. The molecule has 0 spiro atoms. The number of aliphatic hydroxyl groups excluding tert-OH is 2. The maximum Gasteiger partial charge on any atom is 0.217 e. The van der Waals surface area contributed by atoms with Gasteiger partial charge in [0.2, 0.25) is 5.91 Å². The van der Waals surface area contributed by atoms with E-state index in [1.807, 2.05) is 0 Å². The standard InChI is InChI=1S/C15H31NO6Si/c1-9(17)16-11-13(19)12(18)10(22-14(11)20-5)8-21-23(6,7)15(2,3)4/h10-14,18-19H,8H2,1-7H3,(H,16,17)/t10?,11?,12-,13?,14-/m1/s1. The third-order valence-corrected chi connectivity index (χ3v) is 9.22. The van der Waals surface area contributed by atoms with Crippen LogP contribution in [-0.4, -0.2) is 68.8 Å². The number of aliphatic hydroxyl groups is 2. The smallest absolute Gasteiger partial charge is 0.217 e. The maximum atomic E-state index is 11.2. The van der Waals surface area contributed by atoms with E-state index in [0.29, 0.717) is 0 Å². The summed E-state index contributed by atoms with van der Waals surface area (Å²) in [7, 11) is -0.573. The molecule has 1 amide bonds. The fourth-order valence-corrected chi connectivity index (χ4v) is 3.18. The van der Waals surface area contributed by atoms with Gasteiger partial charge in [-0.15, -0.1) is 0 Å². The van der Waals surface area contributed by atoms with Gasteiger partial charge >= 0.3 is 0 Å². The summed E-state index contributed by atoms with van der Waals surface area (Å²) in [5.74, 6) is -0.331. The van der Waals surface area contributed by atoms with Gasteiger partial charge in [0.05, 0.1) is 6.61 Å². The highest BCUT2D eigenvalue weighted by molar-refractivity contribution is 6.74. The molecular formula is C15H31NO6Si. The predicted octanol–water partition coefficient (Wildman–Crippen LogP) is 0.606. The summed E-state index contributed by atoms with van der Waals surface area (Å²) >= 11 is 0. The second-order valence-electron chi connectivity index (χ2n) is 7.56. The number of hydrogen-bond acceptors (Lipinski definition) is 6. The zero-order chi connectivity index (χ0) is 18.0. The van der Waals surface area contributed by atoms with E-state index < -0.39 is 39.0 Å². The van der Waals surface area contributed by atoms with Crippen LogP contribution in [0.3, 0.4) is 0 Å². The zero-order valence-corrected chi connectivity index (χ0v) is 16.1. The van der Waals surface area contributed by atoms with Gasteiger partial charge in [0.15, 0.2) is 14.6 Å². The number of carbonyl (C=O) groups is 1. The molecule has 8 heteroatoms. The third kappa shape index (κ3) is 4.98. The topological polar surface area (TPSA) is 97.2 Å². The molecule has 0 aromatic rings. The summed E-state index contributed by atoms with van der Waals surface area (Å²) in [6.45, 7) is 12.1. The Morgan fingerprint density at radius 3 is 2.26 bits per heavy atom. The lowest BCUT2D eigenvalue weighted by Gasteiger charge is -2.44. The molecule has 1 saturated heterocycles. The Balaban J connectivity index is 2.77. The molecule has 3 unspecified atom stereocenters. The lowest BCUT2D eigenvalue weighted by molar-refractivity contribution is -0.261. The van der Waals surface area contributed by atoms with Gasteiger partial charge < -0.3 is 29.4 Å². The number of methoxy groups -OCH3 is 1. The van der Waals surface area contributed by atoms with Crippen molar-refractivity contribution in [2.45, 2.75) is 76.5 Å². The Morgan fingerprint density at radius 2 is 1.83 bits per heavy atom. The molecule has 3 N–H and O–H groups in total. The number of ether oxygens (including phenoxy) is 2. The van der Waals surface area contributed by atoms with Crippen molar-refractivity contribution in [2.75, 3.05) is 13.7 Å². The van der Waals surface area contributed by atoms with Crippen LogP contribution in [0.25, 0.3) is 0 Å². The lowest BCUT2D eigenvalue weighted by Crippen LogP contribution is -2.64. The Morgan fingerprint density at radius 1 is 1.26 bits per heavy atom. The summed E-state index contributed by atoms with van der Waals surface area (Å²) < 4.78 is 17.0. The Labute approximate surface area is 139 Å². The number of rotatable bonds is 5. The van der Waals surface area contributed by atoms with Crippen LogP contribution in [0.5, 0.6) is 0 Å². The number of nitrogens with one attached hydrogen (secondary N) is 1. The molecule has 0 aromatic carbocycles. The van der Waals surface area contributed by atoms with E-state index >= 15 is 0 Å². The van der Waals surface area contributed by atoms with Gasteiger partial charge in [-0.3, -0.25) is 4.79 Å². The van der Waals surface area contributed by atoms with Crippen LogP contribution in [0.4, 0.5) is 0 Å². The third-order valence-electron chi connectivity index (χ3n) is 4.72. The SMILES string of the molecule is CO[C@@H]1OC(CO[Si](C)(C)C(C)(C)C)[C@@H](O)C(O)C1NC(C)=O. The molecule has 0 aliphatic carbocycles. The van der Waals surface area contributed by atoms with Crippen LogP contribution in [0.2, 0.25) is 18.1 Å². The first-order valence-electron chi connectivity index (χ1n) is 7.86. The van der Waals surface area contributed by atoms with Gasteiger partial charge in [-0.05, 0) is 18.1 Å². The van der Waals surface area contributed by atoms with E-state index in [9.17, 15) is 15.0 Å². The summed E-state index contributed by atoms with van der Waals surface area (Å²) in [4.78, 5) is 11.2. The van der Waals surface area contributed by atoms with Crippen LogP contribution in [-0.2, 0) is 18.7 Å². The maximum absolute atomic E-state index is 11.2. The minimum atomic E-state index is -2.00. The van der Waals surface area contributed by atoms with Crippen molar-refractivity contribution < 1.29 is 28.9 Å². The molecule has 136 valence electrons. The predicted molar refractivity (Wildman–Crippen MR) is 88.4 cm³/mol. The van der Waals surface area contributed by atoms with Crippen molar-refractivity contribution in [1.82, 2.24) is 5.32 Å². The summed E-state index contributed by atoms with van der Waals surface area (Å²) in [5.41, 5.74) is 0. The van der Waals surface area contributed by atoms with Gasteiger partial charge in [0.1, 0.15) is 24.4 Å². The highest BCUT2D eigenvalue weighted by Crippen LogP contribution is 2.37. The first-order valence-corrected chi connectivity index (χ1v) is 10.8. The quantitative estimate of drug-likeness (QED) is 0.629. The molecule has 23 heavy (non-hydrogen) atoms. The number of hydrogen-bond donors (Lipinski definition) is 3. The minimum Gasteiger partial charge on any atom is -0.414 e. The molecule has 5 atom stereocenters. The zero-order valence-electron chi connectivity index (χ0n) is 15.1. The van der Waals surface area contributed by atoms with Crippen LogP contribution in [0, 0.1) is 0 Å². The summed E-state index contributed by atoms with van der Waals surface area (Å²) in [6, 6.07) is -0.823. The fraction of sp³-hybridized carbons (Fsp3) is 0.933. The molecule has 1 aliphatic heterocycles. The van der Waals surface area contributed by atoms with Gasteiger partial charge in [0, 0.05) is 14.0 Å². The van der Waals surface area contributed by atoms with Gasteiger partial charge in [-0.25, -0.2) is 0 Å². The highest BCUT2D eigenvalue weighted by Gasteiger charge is 2.46. The Hall–Kier alpha value is -0.513. The van der Waals surface area contributed by atoms with Crippen molar-refractivity contribution in [3.05, 3.63) is 0 Å².